The third-order valence-electron chi connectivity index (χ3n) is 5.15. The number of fused-ring (bicyclic) bond motifs is 4. The predicted molar refractivity (Wildman–Crippen MR) is 93.7 cm³/mol. The number of para-hydroxylation sites is 1. The van der Waals surface area contributed by atoms with Crippen LogP contribution in [0, 0.1) is 5.92 Å². The first-order chi connectivity index (χ1) is 11.3. The number of hydrogen-bond donors (Lipinski definition) is 1. The highest BCUT2D eigenvalue weighted by Crippen LogP contribution is 2.31. The predicted octanol–water partition coefficient (Wildman–Crippen LogP) is 2.83. The quantitative estimate of drug-likeness (QED) is 0.858. The van der Waals surface area contributed by atoms with E-state index in [0.29, 0.717) is 0 Å². The molecule has 1 aromatic carbocycles. The molecule has 5 rings (SSSR count). The highest BCUT2D eigenvalue weighted by molar-refractivity contribution is 7.18. The zero-order valence-electron chi connectivity index (χ0n) is 13.3. The van der Waals surface area contributed by atoms with E-state index in [-0.39, 0.29) is 11.9 Å². The van der Waals surface area contributed by atoms with Gasteiger partial charge in [0.2, 0.25) is 5.91 Å². The van der Waals surface area contributed by atoms with Crippen LogP contribution in [0.3, 0.4) is 0 Å². The van der Waals surface area contributed by atoms with Crippen LogP contribution < -0.4 is 5.32 Å². The fourth-order valence-electron chi connectivity index (χ4n) is 3.83. The van der Waals surface area contributed by atoms with Crippen LogP contribution in [0.4, 0.5) is 0 Å². The zero-order valence-corrected chi connectivity index (χ0v) is 14.1. The largest absolute Gasteiger partial charge is 0.355 e. The monoisotopic (exact) mass is 329 g/mol. The maximum absolute atomic E-state index is 12.4. The van der Waals surface area contributed by atoms with Crippen molar-refractivity contribution in [3.05, 3.63) is 29.3 Å². The number of amides is 1. The Bertz CT molecular complexity index is 657. The molecule has 0 radical (unpaired) electrons. The summed E-state index contributed by atoms with van der Waals surface area (Å²) in [6, 6.07) is 8.39. The number of nitrogens with zero attached hydrogens (tertiary/aromatic N) is 2. The van der Waals surface area contributed by atoms with Crippen LogP contribution in [0.1, 0.15) is 30.7 Å². The molecule has 1 unspecified atom stereocenters. The summed E-state index contributed by atoms with van der Waals surface area (Å²) in [4.78, 5) is 19.4. The van der Waals surface area contributed by atoms with Crippen LogP contribution in [-0.4, -0.2) is 41.5 Å². The minimum absolute atomic E-state index is 0.130. The third-order valence-corrected chi connectivity index (χ3v) is 6.25. The van der Waals surface area contributed by atoms with Crippen molar-refractivity contribution in [2.75, 3.05) is 19.6 Å². The molecule has 0 spiro atoms. The Morgan fingerprint density at radius 1 is 1.30 bits per heavy atom. The molecule has 122 valence electrons. The van der Waals surface area contributed by atoms with Crippen molar-refractivity contribution < 1.29 is 4.79 Å². The van der Waals surface area contributed by atoms with Crippen LogP contribution in [0.25, 0.3) is 10.2 Å². The average Bonchev–Trinajstić information content (AvgIpc) is 3.02. The summed E-state index contributed by atoms with van der Waals surface area (Å²) in [5.41, 5.74) is 1.09. The van der Waals surface area contributed by atoms with E-state index in [4.69, 9.17) is 0 Å². The van der Waals surface area contributed by atoms with Crippen molar-refractivity contribution in [1.82, 2.24) is 15.2 Å². The van der Waals surface area contributed by atoms with Crippen LogP contribution in [0.5, 0.6) is 0 Å². The SMILES string of the molecule is O=C(NCCCc1nc2ccccc2s1)C1CC2CCN1CC2. The lowest BCUT2D eigenvalue weighted by molar-refractivity contribution is -0.130. The second-order valence-electron chi connectivity index (χ2n) is 6.70. The van der Waals surface area contributed by atoms with Gasteiger partial charge in [-0.1, -0.05) is 12.1 Å². The summed E-state index contributed by atoms with van der Waals surface area (Å²) in [6.07, 6.45) is 5.52. The van der Waals surface area contributed by atoms with Crippen molar-refractivity contribution in [2.45, 2.75) is 38.1 Å². The molecule has 4 nitrogen and oxygen atoms in total. The van der Waals surface area contributed by atoms with Crippen molar-refractivity contribution in [3.8, 4) is 0 Å². The fraction of sp³-hybridized carbons (Fsp3) is 0.556. The maximum atomic E-state index is 12.4. The molecule has 1 atom stereocenters. The number of carbonyl (C=O) groups is 1. The van der Waals surface area contributed by atoms with E-state index in [0.717, 1.165) is 50.3 Å². The third kappa shape index (κ3) is 3.26. The molecule has 4 heterocycles. The molecular formula is C18H23N3OS. The smallest absolute Gasteiger partial charge is 0.237 e. The van der Waals surface area contributed by atoms with Gasteiger partial charge < -0.3 is 5.32 Å². The molecule has 3 aliphatic heterocycles. The molecule has 2 aromatic rings. The standard InChI is InChI=1S/C18H23N3OS/c22-18(15-12-13-7-10-21(15)11-8-13)19-9-3-6-17-20-14-4-1-2-5-16(14)23-17/h1-2,4-5,13,15H,3,6-12H2,(H,19,22). The number of thiazole rings is 1. The molecule has 1 aromatic heterocycles. The summed E-state index contributed by atoms with van der Waals surface area (Å²) in [6.45, 7) is 2.96. The molecule has 5 heteroatoms. The van der Waals surface area contributed by atoms with Crippen molar-refractivity contribution in [3.63, 3.8) is 0 Å². The van der Waals surface area contributed by atoms with Gasteiger partial charge in [0, 0.05) is 13.0 Å². The van der Waals surface area contributed by atoms with E-state index in [2.05, 4.69) is 33.4 Å². The van der Waals surface area contributed by atoms with E-state index in [1.54, 1.807) is 11.3 Å². The molecular weight excluding hydrogens is 306 g/mol. The van der Waals surface area contributed by atoms with Crippen LogP contribution in [-0.2, 0) is 11.2 Å². The van der Waals surface area contributed by atoms with E-state index in [1.807, 2.05) is 6.07 Å². The van der Waals surface area contributed by atoms with Crippen LogP contribution in [0.15, 0.2) is 24.3 Å². The van der Waals surface area contributed by atoms with Gasteiger partial charge in [-0.05, 0) is 56.8 Å². The van der Waals surface area contributed by atoms with Gasteiger partial charge in [-0.3, -0.25) is 9.69 Å². The Hall–Kier alpha value is -1.46. The van der Waals surface area contributed by atoms with E-state index in [1.165, 1.54) is 22.5 Å². The second kappa shape index (κ2) is 6.57. The number of hydrogen-bond acceptors (Lipinski definition) is 4. The van der Waals surface area contributed by atoms with E-state index >= 15 is 0 Å². The number of aryl methyl sites for hydroxylation is 1. The first-order valence-electron chi connectivity index (χ1n) is 8.66. The van der Waals surface area contributed by atoms with Gasteiger partial charge in [0.25, 0.3) is 0 Å². The molecule has 3 saturated heterocycles. The van der Waals surface area contributed by atoms with Crippen LogP contribution in [0.2, 0.25) is 0 Å². The minimum atomic E-state index is 0.130. The summed E-state index contributed by atoms with van der Waals surface area (Å²) in [5.74, 6) is 1.01. The Morgan fingerprint density at radius 2 is 2.13 bits per heavy atom. The highest BCUT2D eigenvalue weighted by atomic mass is 32.1. The topological polar surface area (TPSA) is 45.2 Å². The molecule has 1 amide bonds. The molecule has 3 aliphatic rings. The normalized spacial score (nSPS) is 26.5. The number of aromatic nitrogens is 1. The number of rotatable bonds is 5. The van der Waals surface area contributed by atoms with Gasteiger partial charge in [-0.15, -0.1) is 11.3 Å². The van der Waals surface area contributed by atoms with Gasteiger partial charge in [-0.2, -0.15) is 0 Å². The van der Waals surface area contributed by atoms with Crippen molar-refractivity contribution >= 4 is 27.5 Å². The molecule has 3 fully saturated rings. The van der Waals surface area contributed by atoms with Gasteiger partial charge in [-0.25, -0.2) is 4.98 Å². The number of benzene rings is 1. The molecule has 0 aliphatic carbocycles. The molecule has 0 saturated carbocycles. The highest BCUT2D eigenvalue weighted by Gasteiger charge is 2.37. The lowest BCUT2D eigenvalue weighted by Crippen LogP contribution is -2.55. The van der Waals surface area contributed by atoms with Gasteiger partial charge >= 0.3 is 0 Å². The molecule has 23 heavy (non-hydrogen) atoms. The zero-order chi connectivity index (χ0) is 15.6. The minimum Gasteiger partial charge on any atom is -0.355 e. The van der Waals surface area contributed by atoms with Gasteiger partial charge in [0.1, 0.15) is 0 Å². The summed E-state index contributed by atoms with van der Waals surface area (Å²) in [7, 11) is 0. The Labute approximate surface area is 140 Å². The summed E-state index contributed by atoms with van der Waals surface area (Å²) < 4.78 is 1.25. The Morgan fingerprint density at radius 3 is 2.87 bits per heavy atom. The number of piperidine rings is 3. The number of carbonyl (C=O) groups excluding carboxylic acids is 1. The maximum Gasteiger partial charge on any atom is 0.237 e. The number of nitrogens with one attached hydrogen (secondary N) is 1. The van der Waals surface area contributed by atoms with Crippen molar-refractivity contribution in [1.29, 1.82) is 0 Å². The van der Waals surface area contributed by atoms with Gasteiger partial charge in [0.15, 0.2) is 0 Å². The second-order valence-corrected chi connectivity index (χ2v) is 7.82. The van der Waals surface area contributed by atoms with E-state index in [9.17, 15) is 4.79 Å². The lowest BCUT2D eigenvalue weighted by atomic mass is 9.83. The summed E-state index contributed by atoms with van der Waals surface area (Å²) >= 11 is 1.76. The first-order valence-corrected chi connectivity index (χ1v) is 9.47. The first kappa shape index (κ1) is 15.1. The molecule has 1 N–H and O–H groups in total. The van der Waals surface area contributed by atoms with Gasteiger partial charge in [0.05, 0.1) is 21.3 Å². The average molecular weight is 329 g/mol. The fourth-order valence-corrected chi connectivity index (χ4v) is 4.84. The Balaban J connectivity index is 1.24. The summed E-state index contributed by atoms with van der Waals surface area (Å²) in [5, 5.41) is 4.31. The van der Waals surface area contributed by atoms with Crippen LogP contribution >= 0.6 is 11.3 Å². The Kier molecular flexibility index (Phi) is 4.31. The lowest BCUT2D eigenvalue weighted by Gasteiger charge is -2.44. The van der Waals surface area contributed by atoms with E-state index < -0.39 is 0 Å². The van der Waals surface area contributed by atoms with Crippen molar-refractivity contribution in [2.24, 2.45) is 5.92 Å². The molecule has 2 bridgehead atoms.